The van der Waals surface area contributed by atoms with E-state index in [2.05, 4.69) is 5.32 Å². The number of carbonyl (C=O) groups excluding carboxylic acids is 2. The van der Waals surface area contributed by atoms with E-state index in [1.54, 1.807) is 11.0 Å². The quantitative estimate of drug-likeness (QED) is 0.882. The zero-order chi connectivity index (χ0) is 17.1. The molecule has 0 aliphatic carbocycles. The molecule has 2 saturated heterocycles. The molecule has 0 spiro atoms. The van der Waals surface area contributed by atoms with Crippen LogP contribution in [-0.2, 0) is 9.47 Å². The van der Waals surface area contributed by atoms with E-state index in [0.29, 0.717) is 31.9 Å². The fourth-order valence-corrected chi connectivity index (χ4v) is 2.96. The number of ether oxygens (including phenoxy) is 2. The third kappa shape index (κ3) is 3.20. The Hall–Kier alpha value is -2.19. The number of nitrogens with zero attached hydrogens (tertiary/aromatic N) is 2. The molecule has 1 N–H and O–H groups in total. The van der Waals surface area contributed by atoms with Crippen LogP contribution in [0.25, 0.3) is 0 Å². The lowest BCUT2D eigenvalue weighted by Crippen LogP contribution is -2.46. The monoisotopic (exact) mass is 337 g/mol. The highest BCUT2D eigenvalue weighted by atomic mass is 19.1. The lowest BCUT2D eigenvalue weighted by Gasteiger charge is -2.28. The van der Waals surface area contributed by atoms with Crippen molar-refractivity contribution in [3.63, 3.8) is 0 Å². The molecule has 7 nitrogen and oxygen atoms in total. The number of benzene rings is 1. The lowest BCUT2D eigenvalue weighted by molar-refractivity contribution is 0.0731. The largest absolute Gasteiger partial charge is 0.447 e. The van der Waals surface area contributed by atoms with E-state index in [4.69, 9.17) is 9.47 Å². The average molecular weight is 337 g/mol. The van der Waals surface area contributed by atoms with Crippen molar-refractivity contribution in [2.75, 3.05) is 51.4 Å². The highest BCUT2D eigenvalue weighted by Gasteiger charge is 2.35. The van der Waals surface area contributed by atoms with Crippen molar-refractivity contribution in [3.8, 4) is 0 Å². The summed E-state index contributed by atoms with van der Waals surface area (Å²) in [5, 5.41) is 3.15. The van der Waals surface area contributed by atoms with Crippen molar-refractivity contribution < 1.29 is 23.5 Å². The van der Waals surface area contributed by atoms with Gasteiger partial charge in [-0.25, -0.2) is 9.18 Å². The molecule has 2 amide bonds. The molecule has 130 valence electrons. The average Bonchev–Trinajstić information content (AvgIpc) is 2.96. The van der Waals surface area contributed by atoms with Crippen LogP contribution in [-0.4, -0.2) is 69.4 Å². The van der Waals surface area contributed by atoms with Crippen molar-refractivity contribution in [3.05, 3.63) is 29.6 Å². The van der Waals surface area contributed by atoms with Crippen LogP contribution >= 0.6 is 0 Å². The molecule has 2 aliphatic heterocycles. The summed E-state index contributed by atoms with van der Waals surface area (Å²) in [5.41, 5.74) is 0.366. The summed E-state index contributed by atoms with van der Waals surface area (Å²) in [5.74, 6) is -0.982. The first-order valence-corrected chi connectivity index (χ1v) is 7.86. The number of carbonyl (C=O) groups is 2. The number of halogens is 1. The smallest absolute Gasteiger partial charge is 0.414 e. The zero-order valence-corrected chi connectivity index (χ0v) is 13.5. The van der Waals surface area contributed by atoms with Crippen LogP contribution < -0.4 is 10.2 Å². The van der Waals surface area contributed by atoms with Gasteiger partial charge in [0.2, 0.25) is 0 Å². The molecule has 24 heavy (non-hydrogen) atoms. The number of amides is 2. The first-order valence-electron chi connectivity index (χ1n) is 7.86. The predicted octanol–water partition coefficient (Wildman–Crippen LogP) is 0.843. The minimum atomic E-state index is -0.646. The molecule has 0 radical (unpaired) electrons. The van der Waals surface area contributed by atoms with E-state index >= 15 is 0 Å². The van der Waals surface area contributed by atoms with Crippen molar-refractivity contribution in [1.82, 2.24) is 10.2 Å². The maximum Gasteiger partial charge on any atom is 0.414 e. The van der Waals surface area contributed by atoms with E-state index < -0.39 is 11.9 Å². The Morgan fingerprint density at radius 1 is 1.42 bits per heavy atom. The van der Waals surface area contributed by atoms with Gasteiger partial charge in [0.15, 0.2) is 0 Å². The molecule has 0 aromatic heterocycles. The van der Waals surface area contributed by atoms with Gasteiger partial charge in [-0.05, 0) is 18.2 Å². The maximum atomic E-state index is 14.5. The molecule has 1 atom stereocenters. The second kappa shape index (κ2) is 7.14. The molecule has 1 unspecified atom stereocenters. The SMILES string of the molecule is COCC1COC(=O)N1c1ccc(C(=O)N2CCNCC2)c(F)c1. The Morgan fingerprint density at radius 2 is 2.17 bits per heavy atom. The highest BCUT2D eigenvalue weighted by molar-refractivity contribution is 5.96. The minimum absolute atomic E-state index is 0.0107. The zero-order valence-electron chi connectivity index (χ0n) is 13.5. The second-order valence-electron chi connectivity index (χ2n) is 5.76. The number of methoxy groups -OCH3 is 1. The van der Waals surface area contributed by atoms with Gasteiger partial charge in [0.05, 0.1) is 23.9 Å². The van der Waals surface area contributed by atoms with E-state index in [0.717, 1.165) is 0 Å². The summed E-state index contributed by atoms with van der Waals surface area (Å²) >= 11 is 0. The highest BCUT2D eigenvalue weighted by Crippen LogP contribution is 2.26. The van der Waals surface area contributed by atoms with E-state index in [1.807, 2.05) is 0 Å². The van der Waals surface area contributed by atoms with Crippen molar-refractivity contribution in [1.29, 1.82) is 0 Å². The van der Waals surface area contributed by atoms with Gasteiger partial charge >= 0.3 is 6.09 Å². The van der Waals surface area contributed by atoms with Crippen LogP contribution in [0.4, 0.5) is 14.9 Å². The van der Waals surface area contributed by atoms with Crippen LogP contribution in [0, 0.1) is 5.82 Å². The fraction of sp³-hybridized carbons (Fsp3) is 0.500. The molecule has 1 aromatic carbocycles. The normalized spacial score (nSPS) is 21.1. The fourth-order valence-electron chi connectivity index (χ4n) is 2.96. The third-order valence-corrected chi connectivity index (χ3v) is 4.19. The number of nitrogens with one attached hydrogen (secondary N) is 1. The number of hydrogen-bond donors (Lipinski definition) is 1. The lowest BCUT2D eigenvalue weighted by atomic mass is 10.1. The summed E-state index contributed by atoms with van der Waals surface area (Å²) in [6.45, 7) is 2.97. The predicted molar refractivity (Wildman–Crippen MR) is 84.7 cm³/mol. The van der Waals surface area contributed by atoms with Gasteiger partial charge in [-0.2, -0.15) is 0 Å². The summed E-state index contributed by atoms with van der Waals surface area (Å²) in [7, 11) is 1.52. The number of rotatable bonds is 4. The number of piperazine rings is 1. The van der Waals surface area contributed by atoms with Crippen molar-refractivity contribution in [2.45, 2.75) is 6.04 Å². The number of hydrogen-bond acceptors (Lipinski definition) is 5. The topological polar surface area (TPSA) is 71.1 Å². The summed E-state index contributed by atoms with van der Waals surface area (Å²) in [6.07, 6.45) is -0.544. The Labute approximate surface area is 139 Å². The van der Waals surface area contributed by atoms with Crippen LogP contribution in [0.2, 0.25) is 0 Å². The van der Waals surface area contributed by atoms with Gasteiger partial charge in [0.25, 0.3) is 5.91 Å². The molecule has 2 heterocycles. The molecular weight excluding hydrogens is 317 g/mol. The number of anilines is 1. The standard InChI is InChI=1S/C16H20FN3O4/c1-23-9-12-10-24-16(22)20(12)11-2-3-13(14(17)8-11)15(21)19-6-4-18-5-7-19/h2-3,8,12,18H,4-7,9-10H2,1H3. The molecule has 2 fully saturated rings. The van der Waals surface area contributed by atoms with Gasteiger partial charge in [-0.3, -0.25) is 9.69 Å². The second-order valence-corrected chi connectivity index (χ2v) is 5.76. The van der Waals surface area contributed by atoms with Crippen LogP contribution in [0.1, 0.15) is 10.4 Å². The molecule has 8 heteroatoms. The first-order chi connectivity index (χ1) is 11.6. The summed E-state index contributed by atoms with van der Waals surface area (Å²) in [6, 6.07) is 3.87. The van der Waals surface area contributed by atoms with Crippen LogP contribution in [0.3, 0.4) is 0 Å². The number of cyclic esters (lactones) is 1. The molecular formula is C16H20FN3O4. The van der Waals surface area contributed by atoms with Gasteiger partial charge in [-0.15, -0.1) is 0 Å². The van der Waals surface area contributed by atoms with Gasteiger partial charge in [-0.1, -0.05) is 0 Å². The van der Waals surface area contributed by atoms with Crippen LogP contribution in [0.15, 0.2) is 18.2 Å². The maximum absolute atomic E-state index is 14.5. The third-order valence-electron chi connectivity index (χ3n) is 4.19. The Balaban J connectivity index is 1.81. The van der Waals surface area contributed by atoms with Gasteiger partial charge in [0.1, 0.15) is 12.4 Å². The van der Waals surface area contributed by atoms with Crippen molar-refractivity contribution >= 4 is 17.7 Å². The molecule has 1 aromatic rings. The van der Waals surface area contributed by atoms with Gasteiger partial charge < -0.3 is 19.7 Å². The summed E-state index contributed by atoms with van der Waals surface area (Å²) in [4.78, 5) is 27.3. The van der Waals surface area contributed by atoms with Crippen molar-refractivity contribution in [2.24, 2.45) is 0 Å². The molecule has 2 aliphatic rings. The van der Waals surface area contributed by atoms with E-state index in [9.17, 15) is 14.0 Å². The Morgan fingerprint density at radius 3 is 2.83 bits per heavy atom. The summed E-state index contributed by atoms with van der Waals surface area (Å²) < 4.78 is 24.5. The molecule has 0 saturated carbocycles. The van der Waals surface area contributed by atoms with Gasteiger partial charge in [0, 0.05) is 33.3 Å². The first kappa shape index (κ1) is 16.7. The minimum Gasteiger partial charge on any atom is -0.447 e. The molecule has 3 rings (SSSR count). The van der Waals surface area contributed by atoms with E-state index in [1.165, 1.54) is 24.1 Å². The molecule has 0 bridgehead atoms. The van der Waals surface area contributed by atoms with Crippen LogP contribution in [0.5, 0.6) is 0 Å². The Bertz CT molecular complexity index is 634. The van der Waals surface area contributed by atoms with E-state index in [-0.39, 0.29) is 30.7 Å². The Kier molecular flexibility index (Phi) is 4.96.